The van der Waals surface area contributed by atoms with Crippen molar-refractivity contribution in [1.82, 2.24) is 0 Å². The van der Waals surface area contributed by atoms with Gasteiger partial charge in [-0.25, -0.2) is 4.40 Å². The summed E-state index contributed by atoms with van der Waals surface area (Å²) in [6.45, 7) is 5.39. The van der Waals surface area contributed by atoms with Crippen molar-refractivity contribution in [2.24, 2.45) is 4.40 Å². The van der Waals surface area contributed by atoms with Gasteiger partial charge < -0.3 is 0 Å². The van der Waals surface area contributed by atoms with Crippen molar-refractivity contribution in [3.05, 3.63) is 0 Å². The molecule has 0 aromatic rings. The molecule has 0 radical (unpaired) electrons. The zero-order chi connectivity index (χ0) is 9.12. The van der Waals surface area contributed by atoms with Crippen LogP contribution in [-0.4, -0.2) is 17.1 Å². The van der Waals surface area contributed by atoms with Crippen LogP contribution in [-0.2, 0) is 0 Å². The van der Waals surface area contributed by atoms with Gasteiger partial charge in [-0.3, -0.25) is 0 Å². The molecule has 1 nitrogen and oxygen atoms in total. The van der Waals surface area contributed by atoms with Gasteiger partial charge in [0.05, 0.1) is 0 Å². The second-order valence-corrected chi connectivity index (χ2v) is 4.60. The summed E-state index contributed by atoms with van der Waals surface area (Å²) in [5.74, 6) is 0. The molecule has 0 atom stereocenters. The Kier molecular flexibility index (Phi) is 3.41. The Balaban J connectivity index is 3.80. The van der Waals surface area contributed by atoms with Gasteiger partial charge in [-0.15, -0.1) is 0 Å². The van der Waals surface area contributed by atoms with E-state index in [9.17, 15) is 13.2 Å². The molecule has 0 aliphatic rings. The summed E-state index contributed by atoms with van der Waals surface area (Å²) in [5, 5.41) is 0. The molecule has 0 bridgehead atoms. The second kappa shape index (κ2) is 3.47. The van der Waals surface area contributed by atoms with E-state index in [0.717, 1.165) is 11.9 Å². The van der Waals surface area contributed by atoms with Gasteiger partial charge in [-0.2, -0.15) is 13.2 Å². The quantitative estimate of drug-likeness (QED) is 0.451. The van der Waals surface area contributed by atoms with E-state index in [1.54, 1.807) is 20.8 Å². The van der Waals surface area contributed by atoms with Crippen LogP contribution in [0.15, 0.2) is 4.40 Å². The first kappa shape index (κ1) is 10.8. The van der Waals surface area contributed by atoms with Crippen LogP contribution in [0.2, 0.25) is 0 Å². The van der Waals surface area contributed by atoms with E-state index >= 15 is 0 Å². The van der Waals surface area contributed by atoms with Crippen LogP contribution < -0.4 is 0 Å². The van der Waals surface area contributed by atoms with Gasteiger partial charge in [0.15, 0.2) is 0 Å². The largest absolute Gasteiger partial charge is 0.427 e. The minimum Gasteiger partial charge on any atom is -0.219 e. The lowest BCUT2D eigenvalue weighted by molar-refractivity contribution is -0.0533. The third-order valence-corrected chi connectivity index (χ3v) is 1.28. The highest BCUT2D eigenvalue weighted by atomic mass is 32.2. The summed E-state index contributed by atoms with van der Waals surface area (Å²) in [7, 11) is 0. The minimum absolute atomic E-state index is 0.00289. The smallest absolute Gasteiger partial charge is 0.219 e. The van der Waals surface area contributed by atoms with Crippen molar-refractivity contribution in [2.45, 2.75) is 31.7 Å². The average molecular weight is 185 g/mol. The van der Waals surface area contributed by atoms with Gasteiger partial charge in [0.25, 0.3) is 0 Å². The van der Waals surface area contributed by atoms with Gasteiger partial charge in [0.1, 0.15) is 6.21 Å². The molecule has 0 fully saturated rings. The second-order valence-electron chi connectivity index (χ2n) is 2.98. The summed E-state index contributed by atoms with van der Waals surface area (Å²) in [6.07, 6.45) is -4.29. The zero-order valence-electron chi connectivity index (χ0n) is 6.57. The highest BCUT2D eigenvalue weighted by Crippen LogP contribution is 2.24. The van der Waals surface area contributed by atoms with Crippen molar-refractivity contribution in [1.29, 1.82) is 0 Å². The van der Waals surface area contributed by atoms with Crippen LogP contribution in [0, 0.1) is 0 Å². The lowest BCUT2D eigenvalue weighted by Crippen LogP contribution is -2.10. The molecule has 5 heteroatoms. The Bertz CT molecular complexity index is 145. The first-order valence-corrected chi connectivity index (χ1v) is 3.77. The van der Waals surface area contributed by atoms with Crippen molar-refractivity contribution in [3.8, 4) is 0 Å². The fourth-order valence-electron chi connectivity index (χ4n) is 0.244. The van der Waals surface area contributed by atoms with Crippen molar-refractivity contribution >= 4 is 18.2 Å². The van der Waals surface area contributed by atoms with Gasteiger partial charge in [0, 0.05) is 4.75 Å². The zero-order valence-corrected chi connectivity index (χ0v) is 7.38. The molecule has 0 amide bonds. The minimum atomic E-state index is -4.29. The molecule has 0 saturated heterocycles. The van der Waals surface area contributed by atoms with E-state index in [-0.39, 0.29) is 11.0 Å². The lowest BCUT2D eigenvalue weighted by Gasteiger charge is -2.12. The standard InChI is InChI=1S/C6H10F3NS/c1-5(2,3)11-10-4-6(7,8)9/h4H,1-3H3. The van der Waals surface area contributed by atoms with Crippen LogP contribution in [0.5, 0.6) is 0 Å². The molecule has 0 N–H and O–H groups in total. The van der Waals surface area contributed by atoms with E-state index in [1.807, 2.05) is 0 Å². The Hall–Kier alpha value is -0.190. The number of alkyl halides is 3. The predicted molar refractivity (Wildman–Crippen MR) is 41.9 cm³/mol. The maximum atomic E-state index is 11.5. The summed E-state index contributed by atoms with van der Waals surface area (Å²) in [5.41, 5.74) is 0. The summed E-state index contributed by atoms with van der Waals surface area (Å²) >= 11 is 0.910. The molecular formula is C6H10F3NS. The fraction of sp³-hybridized carbons (Fsp3) is 0.833. The molecule has 11 heavy (non-hydrogen) atoms. The van der Waals surface area contributed by atoms with E-state index in [0.29, 0.717) is 0 Å². The van der Waals surface area contributed by atoms with Crippen molar-refractivity contribution < 1.29 is 13.2 Å². The number of hydrogen-bond acceptors (Lipinski definition) is 2. The number of hydrogen-bond donors (Lipinski definition) is 0. The Labute approximate surface area is 68.2 Å². The molecule has 0 aliphatic carbocycles. The van der Waals surface area contributed by atoms with Crippen molar-refractivity contribution in [3.63, 3.8) is 0 Å². The molecule has 0 rings (SSSR count). The van der Waals surface area contributed by atoms with Crippen LogP contribution in [0.3, 0.4) is 0 Å². The third-order valence-electron chi connectivity index (χ3n) is 0.526. The number of rotatable bonds is 1. The average Bonchev–Trinajstić information content (AvgIpc) is 1.55. The first-order valence-electron chi connectivity index (χ1n) is 3.00. The van der Waals surface area contributed by atoms with E-state index in [2.05, 4.69) is 4.40 Å². The summed E-state index contributed by atoms with van der Waals surface area (Å²) in [6, 6.07) is 0. The van der Waals surface area contributed by atoms with Crippen LogP contribution in [0.25, 0.3) is 0 Å². The third kappa shape index (κ3) is 9.81. The topological polar surface area (TPSA) is 12.4 Å². The Morgan fingerprint density at radius 3 is 1.91 bits per heavy atom. The molecule has 0 spiro atoms. The molecule has 0 aromatic carbocycles. The SMILES string of the molecule is CC(C)(C)SN=CC(F)(F)F. The monoisotopic (exact) mass is 185 g/mol. The van der Waals surface area contributed by atoms with Crippen molar-refractivity contribution in [2.75, 3.05) is 0 Å². The van der Waals surface area contributed by atoms with Gasteiger partial charge in [-0.05, 0) is 32.7 Å². The fourth-order valence-corrected chi connectivity index (χ4v) is 0.733. The highest BCUT2D eigenvalue weighted by Gasteiger charge is 2.24. The first-order chi connectivity index (χ1) is 4.71. The van der Waals surface area contributed by atoms with Gasteiger partial charge in [0.2, 0.25) is 0 Å². The maximum Gasteiger partial charge on any atom is 0.427 e. The molecule has 0 aliphatic heterocycles. The normalized spacial score (nSPS) is 14.4. The van der Waals surface area contributed by atoms with E-state index in [1.165, 1.54) is 0 Å². The van der Waals surface area contributed by atoms with E-state index in [4.69, 9.17) is 0 Å². The summed E-state index contributed by atoms with van der Waals surface area (Å²) < 4.78 is 37.3. The lowest BCUT2D eigenvalue weighted by atomic mass is 10.3. The van der Waals surface area contributed by atoms with Gasteiger partial charge >= 0.3 is 6.18 Å². The molecule has 0 heterocycles. The molecule has 0 unspecified atom stereocenters. The maximum absolute atomic E-state index is 11.5. The Morgan fingerprint density at radius 1 is 1.18 bits per heavy atom. The number of nitrogens with zero attached hydrogens (tertiary/aromatic N) is 1. The predicted octanol–water partition coefficient (Wildman–Crippen LogP) is 3.07. The summed E-state index contributed by atoms with van der Waals surface area (Å²) in [4.78, 5) is 0. The highest BCUT2D eigenvalue weighted by molar-refractivity contribution is 7.99. The van der Waals surface area contributed by atoms with Gasteiger partial charge in [-0.1, -0.05) is 0 Å². The van der Waals surface area contributed by atoms with Crippen LogP contribution in [0.4, 0.5) is 13.2 Å². The molecule has 0 aromatic heterocycles. The number of halogens is 3. The van der Waals surface area contributed by atoms with E-state index < -0.39 is 6.18 Å². The molecular weight excluding hydrogens is 175 g/mol. The molecule has 0 saturated carbocycles. The Morgan fingerprint density at radius 2 is 1.64 bits per heavy atom. The van der Waals surface area contributed by atoms with Crippen LogP contribution in [0.1, 0.15) is 20.8 Å². The molecule has 66 valence electrons. The van der Waals surface area contributed by atoms with Crippen LogP contribution >= 0.6 is 11.9 Å².